The standard InChI is InChI=1S/C20H27NO3/c1-14-6-8-15(9-7-14)10-18(20(23)24)11-19(22)21-12-16-4-2-3-5-17(16)13-21/h6-9,16-18H,2-5,10-13H2,1H3,(H,23,24)/t16-,17+,18?. The van der Waals surface area contributed by atoms with Crippen LogP contribution in [0.25, 0.3) is 0 Å². The Kier molecular flexibility index (Phi) is 5.22. The maximum Gasteiger partial charge on any atom is 0.307 e. The molecule has 0 radical (unpaired) electrons. The fraction of sp³-hybridized carbons (Fsp3) is 0.600. The van der Waals surface area contributed by atoms with E-state index in [1.165, 1.54) is 25.7 Å². The number of likely N-dealkylation sites (tertiary alicyclic amines) is 1. The van der Waals surface area contributed by atoms with Gasteiger partial charge in [0.25, 0.3) is 0 Å². The maximum atomic E-state index is 12.6. The summed E-state index contributed by atoms with van der Waals surface area (Å²) >= 11 is 0. The minimum atomic E-state index is -0.875. The van der Waals surface area contributed by atoms with Gasteiger partial charge in [0.05, 0.1) is 5.92 Å². The number of hydrogen-bond donors (Lipinski definition) is 1. The van der Waals surface area contributed by atoms with Gasteiger partial charge >= 0.3 is 5.97 Å². The zero-order chi connectivity index (χ0) is 17.1. The third kappa shape index (κ3) is 3.97. The van der Waals surface area contributed by atoms with E-state index in [9.17, 15) is 14.7 Å². The lowest BCUT2D eigenvalue weighted by Gasteiger charge is -2.22. The molecule has 2 fully saturated rings. The predicted octanol–water partition coefficient (Wildman–Crippen LogP) is 3.28. The number of carboxylic acids is 1. The van der Waals surface area contributed by atoms with E-state index in [4.69, 9.17) is 0 Å². The van der Waals surface area contributed by atoms with E-state index in [1.54, 1.807) is 0 Å². The third-order valence-electron chi connectivity index (χ3n) is 5.70. The molecule has 24 heavy (non-hydrogen) atoms. The molecule has 4 nitrogen and oxygen atoms in total. The Morgan fingerprint density at radius 3 is 2.25 bits per heavy atom. The molecule has 0 aromatic heterocycles. The Hall–Kier alpha value is -1.84. The molecule has 1 saturated carbocycles. The van der Waals surface area contributed by atoms with Crippen LogP contribution >= 0.6 is 0 Å². The molecule has 1 saturated heterocycles. The van der Waals surface area contributed by atoms with Crippen molar-refractivity contribution in [3.05, 3.63) is 35.4 Å². The molecule has 1 aliphatic heterocycles. The summed E-state index contributed by atoms with van der Waals surface area (Å²) in [6, 6.07) is 7.89. The summed E-state index contributed by atoms with van der Waals surface area (Å²) in [5.41, 5.74) is 2.14. The highest BCUT2D eigenvalue weighted by atomic mass is 16.4. The molecule has 3 atom stereocenters. The summed E-state index contributed by atoms with van der Waals surface area (Å²) in [5.74, 6) is -0.210. The molecule has 1 unspecified atom stereocenters. The number of aliphatic carboxylic acids is 1. The molecule has 1 N–H and O–H groups in total. The van der Waals surface area contributed by atoms with Crippen molar-refractivity contribution in [1.82, 2.24) is 4.90 Å². The molecule has 130 valence electrons. The quantitative estimate of drug-likeness (QED) is 0.902. The molecule has 1 heterocycles. The molecule has 1 aromatic rings. The largest absolute Gasteiger partial charge is 0.481 e. The Morgan fingerprint density at radius 2 is 1.71 bits per heavy atom. The molecule has 1 aromatic carbocycles. The van der Waals surface area contributed by atoms with Crippen LogP contribution in [-0.4, -0.2) is 35.0 Å². The first-order valence-corrected chi connectivity index (χ1v) is 9.09. The number of aryl methyl sites for hydroxylation is 1. The Bertz CT molecular complexity index is 581. The lowest BCUT2D eigenvalue weighted by atomic mass is 9.82. The van der Waals surface area contributed by atoms with E-state index in [-0.39, 0.29) is 12.3 Å². The molecule has 0 bridgehead atoms. The summed E-state index contributed by atoms with van der Waals surface area (Å²) in [6.07, 6.45) is 5.52. The number of rotatable bonds is 5. The fourth-order valence-corrected chi connectivity index (χ4v) is 4.20. The van der Waals surface area contributed by atoms with Crippen LogP contribution in [0.3, 0.4) is 0 Å². The highest BCUT2D eigenvalue weighted by Gasteiger charge is 2.37. The fourth-order valence-electron chi connectivity index (χ4n) is 4.20. The molecule has 1 amide bonds. The summed E-state index contributed by atoms with van der Waals surface area (Å²) in [6.45, 7) is 3.68. The van der Waals surface area contributed by atoms with Gasteiger partial charge in [-0.05, 0) is 43.6 Å². The maximum absolute atomic E-state index is 12.6. The first-order valence-electron chi connectivity index (χ1n) is 9.09. The van der Waals surface area contributed by atoms with Crippen LogP contribution in [-0.2, 0) is 16.0 Å². The summed E-state index contributed by atoms with van der Waals surface area (Å²) < 4.78 is 0. The molecular weight excluding hydrogens is 302 g/mol. The minimum Gasteiger partial charge on any atom is -0.481 e. The van der Waals surface area contributed by atoms with Crippen molar-refractivity contribution in [3.63, 3.8) is 0 Å². The first kappa shape index (κ1) is 17.0. The van der Waals surface area contributed by atoms with Crippen molar-refractivity contribution in [2.45, 2.75) is 45.4 Å². The van der Waals surface area contributed by atoms with E-state index < -0.39 is 11.9 Å². The average molecular weight is 329 g/mol. The van der Waals surface area contributed by atoms with E-state index in [1.807, 2.05) is 36.1 Å². The second-order valence-electron chi connectivity index (χ2n) is 7.53. The van der Waals surface area contributed by atoms with Gasteiger partial charge in [-0.25, -0.2) is 0 Å². The van der Waals surface area contributed by atoms with Gasteiger partial charge in [-0.2, -0.15) is 0 Å². The first-order chi connectivity index (χ1) is 11.5. The normalized spacial score (nSPS) is 24.5. The van der Waals surface area contributed by atoms with Gasteiger partial charge in [0.15, 0.2) is 0 Å². The van der Waals surface area contributed by atoms with Crippen molar-refractivity contribution in [1.29, 1.82) is 0 Å². The summed E-state index contributed by atoms with van der Waals surface area (Å²) in [5, 5.41) is 9.52. The van der Waals surface area contributed by atoms with Crippen molar-refractivity contribution in [2.75, 3.05) is 13.1 Å². The Balaban J connectivity index is 1.59. The third-order valence-corrected chi connectivity index (χ3v) is 5.70. The number of benzene rings is 1. The van der Waals surface area contributed by atoms with E-state index in [0.717, 1.165) is 24.2 Å². The number of carbonyl (C=O) groups excluding carboxylic acids is 1. The number of carboxylic acid groups (broad SMARTS) is 1. The lowest BCUT2D eigenvalue weighted by Crippen LogP contribution is -2.33. The number of fused-ring (bicyclic) bond motifs is 1. The number of nitrogens with zero attached hydrogens (tertiary/aromatic N) is 1. The van der Waals surface area contributed by atoms with Gasteiger partial charge in [0.1, 0.15) is 0 Å². The van der Waals surface area contributed by atoms with Crippen LogP contribution in [0, 0.1) is 24.7 Å². The van der Waals surface area contributed by atoms with Crippen molar-refractivity contribution < 1.29 is 14.7 Å². The number of carbonyl (C=O) groups is 2. The Labute approximate surface area is 143 Å². The molecule has 4 heteroatoms. The second-order valence-corrected chi connectivity index (χ2v) is 7.53. The Morgan fingerprint density at radius 1 is 1.12 bits per heavy atom. The van der Waals surface area contributed by atoms with Gasteiger partial charge < -0.3 is 10.0 Å². The molecule has 3 rings (SSSR count). The van der Waals surface area contributed by atoms with Gasteiger partial charge in [-0.3, -0.25) is 9.59 Å². The second kappa shape index (κ2) is 7.37. The molecule has 2 aliphatic rings. The van der Waals surface area contributed by atoms with Gasteiger partial charge in [-0.15, -0.1) is 0 Å². The smallest absolute Gasteiger partial charge is 0.307 e. The average Bonchev–Trinajstić information content (AvgIpc) is 3.00. The van der Waals surface area contributed by atoms with Crippen molar-refractivity contribution in [3.8, 4) is 0 Å². The van der Waals surface area contributed by atoms with E-state index in [2.05, 4.69) is 0 Å². The van der Waals surface area contributed by atoms with Gasteiger partial charge in [0, 0.05) is 19.5 Å². The van der Waals surface area contributed by atoms with Crippen molar-refractivity contribution >= 4 is 11.9 Å². The van der Waals surface area contributed by atoms with Gasteiger partial charge in [0.2, 0.25) is 5.91 Å². The predicted molar refractivity (Wildman–Crippen MR) is 92.7 cm³/mol. The topological polar surface area (TPSA) is 57.6 Å². The van der Waals surface area contributed by atoms with Crippen LogP contribution in [0.1, 0.15) is 43.2 Å². The van der Waals surface area contributed by atoms with E-state index >= 15 is 0 Å². The minimum absolute atomic E-state index is 0.0175. The molecule has 0 spiro atoms. The highest BCUT2D eigenvalue weighted by Crippen LogP contribution is 2.36. The molecule has 1 aliphatic carbocycles. The SMILES string of the molecule is Cc1ccc(CC(CC(=O)N2C[C@H]3CCCC[C@H]3C2)C(=O)O)cc1. The van der Waals surface area contributed by atoms with Crippen molar-refractivity contribution in [2.24, 2.45) is 17.8 Å². The van der Waals surface area contributed by atoms with Crippen LogP contribution in [0.15, 0.2) is 24.3 Å². The van der Waals surface area contributed by atoms with Crippen LogP contribution < -0.4 is 0 Å². The number of amides is 1. The summed E-state index contributed by atoms with van der Waals surface area (Å²) in [4.78, 5) is 26.1. The van der Waals surface area contributed by atoms with E-state index in [0.29, 0.717) is 18.3 Å². The van der Waals surface area contributed by atoms with Crippen LogP contribution in [0.2, 0.25) is 0 Å². The van der Waals surface area contributed by atoms with Crippen LogP contribution in [0.4, 0.5) is 0 Å². The monoisotopic (exact) mass is 329 g/mol. The van der Waals surface area contributed by atoms with Crippen LogP contribution in [0.5, 0.6) is 0 Å². The van der Waals surface area contributed by atoms with Gasteiger partial charge in [-0.1, -0.05) is 42.7 Å². The zero-order valence-corrected chi connectivity index (χ0v) is 14.4. The zero-order valence-electron chi connectivity index (χ0n) is 14.4. The molecular formula is C20H27NO3. The number of hydrogen-bond acceptors (Lipinski definition) is 2. The summed E-state index contributed by atoms with van der Waals surface area (Å²) in [7, 11) is 0. The highest BCUT2D eigenvalue weighted by molar-refractivity contribution is 5.82. The lowest BCUT2D eigenvalue weighted by molar-refractivity contribution is -0.145.